The van der Waals surface area contributed by atoms with Gasteiger partial charge in [-0.2, -0.15) is 0 Å². The van der Waals surface area contributed by atoms with Gasteiger partial charge >= 0.3 is 0 Å². The fraction of sp³-hybridized carbons (Fsp3) is 0.533. The normalized spacial score (nSPS) is 17.1. The van der Waals surface area contributed by atoms with Crippen LogP contribution in [-0.4, -0.2) is 30.4 Å². The molecule has 5 heteroatoms. The zero-order valence-corrected chi connectivity index (χ0v) is 11.9. The second kappa shape index (κ2) is 6.70. The Morgan fingerprint density at radius 2 is 2.15 bits per heavy atom. The van der Waals surface area contributed by atoms with Crippen molar-refractivity contribution in [2.24, 2.45) is 5.92 Å². The summed E-state index contributed by atoms with van der Waals surface area (Å²) >= 11 is 0. The monoisotopic (exact) mass is 279 g/mol. The minimum Gasteiger partial charge on any atom is -0.398 e. The van der Waals surface area contributed by atoms with Gasteiger partial charge in [-0.15, -0.1) is 0 Å². The number of anilines is 1. The van der Waals surface area contributed by atoms with Crippen LogP contribution in [0, 0.1) is 11.7 Å². The molecule has 20 heavy (non-hydrogen) atoms. The number of piperidine rings is 1. The summed E-state index contributed by atoms with van der Waals surface area (Å²) < 4.78 is 13.2. The lowest BCUT2D eigenvalue weighted by molar-refractivity contribution is -0.119. The van der Waals surface area contributed by atoms with Crippen molar-refractivity contribution in [1.29, 1.82) is 0 Å². The molecule has 0 atom stereocenters. The Hall–Kier alpha value is -1.62. The lowest BCUT2D eigenvalue weighted by Crippen LogP contribution is -2.37. The molecule has 3 N–H and O–H groups in total. The van der Waals surface area contributed by atoms with Gasteiger partial charge in [-0.3, -0.25) is 9.69 Å². The minimum atomic E-state index is -0.241. The lowest BCUT2D eigenvalue weighted by atomic mass is 9.96. The van der Waals surface area contributed by atoms with Gasteiger partial charge in [0.05, 0.1) is 0 Å². The van der Waals surface area contributed by atoms with Gasteiger partial charge < -0.3 is 11.1 Å². The Kier molecular flexibility index (Phi) is 4.95. The highest BCUT2D eigenvalue weighted by atomic mass is 19.1. The van der Waals surface area contributed by atoms with Crippen LogP contribution in [-0.2, 0) is 11.3 Å². The summed E-state index contributed by atoms with van der Waals surface area (Å²) in [4.78, 5) is 13.2. The Morgan fingerprint density at radius 1 is 1.45 bits per heavy atom. The molecule has 1 saturated heterocycles. The number of nitrogens with two attached hydrogens (primary N) is 1. The molecule has 1 aliphatic heterocycles. The molecule has 0 spiro atoms. The number of nitrogen functional groups attached to an aromatic ring is 1. The highest BCUT2D eigenvalue weighted by Crippen LogP contribution is 2.21. The molecule has 2 rings (SSSR count). The summed E-state index contributed by atoms with van der Waals surface area (Å²) in [6.07, 6.45) is 2.10. The van der Waals surface area contributed by atoms with E-state index in [1.165, 1.54) is 12.1 Å². The van der Waals surface area contributed by atoms with E-state index in [-0.39, 0.29) is 11.7 Å². The second-order valence-electron chi connectivity index (χ2n) is 5.50. The number of hydrogen-bond donors (Lipinski definition) is 2. The Bertz CT molecular complexity index is 470. The molecule has 1 heterocycles. The van der Waals surface area contributed by atoms with Crippen molar-refractivity contribution in [3.05, 3.63) is 29.6 Å². The van der Waals surface area contributed by atoms with E-state index >= 15 is 0 Å². The van der Waals surface area contributed by atoms with Gasteiger partial charge in [-0.25, -0.2) is 4.39 Å². The van der Waals surface area contributed by atoms with E-state index in [1.54, 1.807) is 13.0 Å². The average Bonchev–Trinajstić information content (AvgIpc) is 2.42. The second-order valence-corrected chi connectivity index (χ2v) is 5.50. The third kappa shape index (κ3) is 4.20. The van der Waals surface area contributed by atoms with E-state index in [4.69, 9.17) is 5.73 Å². The SMILES string of the molecule is CC(=O)NCC1CCN(Cc2cc(F)ccc2N)CC1. The van der Waals surface area contributed by atoms with Crippen molar-refractivity contribution in [3.63, 3.8) is 0 Å². The maximum Gasteiger partial charge on any atom is 0.216 e. The van der Waals surface area contributed by atoms with Gasteiger partial charge in [0, 0.05) is 25.7 Å². The maximum atomic E-state index is 13.2. The van der Waals surface area contributed by atoms with Crippen LogP contribution < -0.4 is 11.1 Å². The van der Waals surface area contributed by atoms with Crippen LogP contribution in [0.15, 0.2) is 18.2 Å². The van der Waals surface area contributed by atoms with Crippen LogP contribution in [0.1, 0.15) is 25.3 Å². The van der Waals surface area contributed by atoms with Crippen LogP contribution in [0.5, 0.6) is 0 Å². The summed E-state index contributed by atoms with van der Waals surface area (Å²) in [5.74, 6) is 0.328. The molecule has 110 valence electrons. The Balaban J connectivity index is 1.82. The summed E-state index contributed by atoms with van der Waals surface area (Å²) in [5, 5.41) is 2.87. The molecule has 0 bridgehead atoms. The number of nitrogens with zero attached hydrogens (tertiary/aromatic N) is 1. The largest absolute Gasteiger partial charge is 0.398 e. The van der Waals surface area contributed by atoms with Crippen LogP contribution in [0.25, 0.3) is 0 Å². The lowest BCUT2D eigenvalue weighted by Gasteiger charge is -2.32. The first-order valence-electron chi connectivity index (χ1n) is 7.05. The standard InChI is InChI=1S/C15H22FN3O/c1-11(20)18-9-12-4-6-19(7-5-12)10-13-8-14(16)2-3-15(13)17/h2-3,8,12H,4-7,9-10,17H2,1H3,(H,18,20). The molecule has 1 amide bonds. The first kappa shape index (κ1) is 14.8. The number of rotatable bonds is 4. The van der Waals surface area contributed by atoms with Gasteiger partial charge in [-0.05, 0) is 55.6 Å². The highest BCUT2D eigenvalue weighted by molar-refractivity contribution is 5.72. The van der Waals surface area contributed by atoms with Crippen molar-refractivity contribution < 1.29 is 9.18 Å². The van der Waals surface area contributed by atoms with E-state index in [0.717, 1.165) is 38.0 Å². The number of hydrogen-bond acceptors (Lipinski definition) is 3. The zero-order chi connectivity index (χ0) is 14.5. The number of benzene rings is 1. The van der Waals surface area contributed by atoms with Crippen molar-refractivity contribution in [2.75, 3.05) is 25.4 Å². The molecule has 4 nitrogen and oxygen atoms in total. The van der Waals surface area contributed by atoms with E-state index in [2.05, 4.69) is 10.2 Å². The molecular weight excluding hydrogens is 257 g/mol. The van der Waals surface area contributed by atoms with Crippen molar-refractivity contribution in [3.8, 4) is 0 Å². The van der Waals surface area contributed by atoms with E-state index < -0.39 is 0 Å². The van der Waals surface area contributed by atoms with Crippen molar-refractivity contribution in [1.82, 2.24) is 10.2 Å². The molecule has 0 aliphatic carbocycles. The first-order valence-corrected chi connectivity index (χ1v) is 7.05. The number of likely N-dealkylation sites (tertiary alicyclic amines) is 1. The molecule has 1 aromatic rings. The van der Waals surface area contributed by atoms with Crippen LogP contribution in [0.4, 0.5) is 10.1 Å². The fourth-order valence-corrected chi connectivity index (χ4v) is 2.59. The smallest absolute Gasteiger partial charge is 0.216 e. The van der Waals surface area contributed by atoms with Crippen LogP contribution in [0.3, 0.4) is 0 Å². The predicted octanol–water partition coefficient (Wildman–Crippen LogP) is 1.76. The van der Waals surface area contributed by atoms with E-state index in [0.29, 0.717) is 18.2 Å². The highest BCUT2D eigenvalue weighted by Gasteiger charge is 2.20. The summed E-state index contributed by atoms with van der Waals surface area (Å²) in [6.45, 7) is 4.91. The fourth-order valence-electron chi connectivity index (χ4n) is 2.59. The van der Waals surface area contributed by atoms with Gasteiger partial charge in [0.15, 0.2) is 0 Å². The number of halogens is 1. The van der Waals surface area contributed by atoms with Crippen LogP contribution in [0.2, 0.25) is 0 Å². The Morgan fingerprint density at radius 3 is 2.80 bits per heavy atom. The summed E-state index contributed by atoms with van der Waals surface area (Å²) in [5.41, 5.74) is 7.37. The maximum absolute atomic E-state index is 13.2. The van der Waals surface area contributed by atoms with Crippen LogP contribution >= 0.6 is 0 Å². The van der Waals surface area contributed by atoms with E-state index in [1.807, 2.05) is 0 Å². The molecule has 1 aliphatic rings. The summed E-state index contributed by atoms with van der Waals surface area (Å²) in [6, 6.07) is 4.52. The number of amides is 1. The third-order valence-corrected chi connectivity index (χ3v) is 3.85. The predicted molar refractivity (Wildman–Crippen MR) is 77.5 cm³/mol. The van der Waals surface area contributed by atoms with Gasteiger partial charge in [0.1, 0.15) is 5.82 Å². The Labute approximate surface area is 119 Å². The molecule has 1 aromatic carbocycles. The summed E-state index contributed by atoms with van der Waals surface area (Å²) in [7, 11) is 0. The number of carbonyl (C=O) groups excluding carboxylic acids is 1. The minimum absolute atomic E-state index is 0.0277. The topological polar surface area (TPSA) is 58.4 Å². The molecular formula is C15H22FN3O. The van der Waals surface area contributed by atoms with Gasteiger partial charge in [0.25, 0.3) is 0 Å². The number of nitrogens with one attached hydrogen (secondary N) is 1. The van der Waals surface area contributed by atoms with Gasteiger partial charge in [-0.1, -0.05) is 0 Å². The van der Waals surface area contributed by atoms with E-state index in [9.17, 15) is 9.18 Å². The molecule has 0 radical (unpaired) electrons. The quantitative estimate of drug-likeness (QED) is 0.826. The third-order valence-electron chi connectivity index (χ3n) is 3.85. The van der Waals surface area contributed by atoms with Crippen molar-refractivity contribution in [2.45, 2.75) is 26.3 Å². The zero-order valence-electron chi connectivity index (χ0n) is 11.9. The molecule has 0 unspecified atom stereocenters. The van der Waals surface area contributed by atoms with Crippen molar-refractivity contribution >= 4 is 11.6 Å². The van der Waals surface area contributed by atoms with Gasteiger partial charge in [0.2, 0.25) is 5.91 Å². The molecule has 0 aromatic heterocycles. The number of carbonyl (C=O) groups is 1. The molecule has 1 fully saturated rings. The first-order chi connectivity index (χ1) is 9.54. The molecule has 0 saturated carbocycles. The average molecular weight is 279 g/mol.